The predicted octanol–water partition coefficient (Wildman–Crippen LogP) is 4.06. The molecule has 0 bridgehead atoms. The molecule has 0 spiro atoms. The first-order chi connectivity index (χ1) is 9.10. The molecule has 1 N–H and O–H groups in total. The fraction of sp³-hybridized carbons (Fsp3) is 0.250. The second-order valence-corrected chi connectivity index (χ2v) is 4.63. The lowest BCUT2D eigenvalue weighted by atomic mass is 10.1. The summed E-state index contributed by atoms with van der Waals surface area (Å²) in [6, 6.07) is 10.9. The van der Waals surface area contributed by atoms with E-state index in [4.69, 9.17) is 4.74 Å². The highest BCUT2D eigenvalue weighted by Gasteiger charge is 2.05. The van der Waals surface area contributed by atoms with Gasteiger partial charge in [0.25, 0.3) is 0 Å². The standard InChI is InChI=1S/C16H18FNO/c1-11-4-5-13(12(2)8-11)10-18-16-9-14(19-3)6-7-15(16)17/h4-9,18H,10H2,1-3H3. The monoisotopic (exact) mass is 259 g/mol. The average molecular weight is 259 g/mol. The molecular weight excluding hydrogens is 241 g/mol. The van der Waals surface area contributed by atoms with E-state index in [9.17, 15) is 4.39 Å². The van der Waals surface area contributed by atoms with Crippen molar-refractivity contribution in [3.63, 3.8) is 0 Å². The molecule has 0 heterocycles. The maximum atomic E-state index is 13.7. The molecule has 2 rings (SSSR count). The lowest BCUT2D eigenvalue weighted by molar-refractivity contribution is 0.414. The van der Waals surface area contributed by atoms with Crippen LogP contribution in [0, 0.1) is 19.7 Å². The van der Waals surface area contributed by atoms with Gasteiger partial charge in [-0.25, -0.2) is 4.39 Å². The number of halogens is 1. The van der Waals surface area contributed by atoms with Crippen LogP contribution in [0.4, 0.5) is 10.1 Å². The Bertz CT molecular complexity index is 581. The highest BCUT2D eigenvalue weighted by molar-refractivity contribution is 5.50. The highest BCUT2D eigenvalue weighted by Crippen LogP contribution is 2.22. The number of benzene rings is 2. The number of ether oxygens (including phenoxy) is 1. The molecule has 100 valence electrons. The zero-order valence-electron chi connectivity index (χ0n) is 11.5. The summed E-state index contributed by atoms with van der Waals surface area (Å²) in [7, 11) is 1.57. The Morgan fingerprint density at radius 1 is 1.11 bits per heavy atom. The quantitative estimate of drug-likeness (QED) is 0.894. The summed E-state index contributed by atoms with van der Waals surface area (Å²) in [4.78, 5) is 0. The van der Waals surface area contributed by atoms with Crippen LogP contribution in [0.1, 0.15) is 16.7 Å². The molecule has 19 heavy (non-hydrogen) atoms. The van der Waals surface area contributed by atoms with E-state index < -0.39 is 0 Å². The molecular formula is C16H18FNO. The van der Waals surface area contributed by atoms with Crippen LogP contribution in [0.25, 0.3) is 0 Å². The number of hydrogen-bond acceptors (Lipinski definition) is 2. The van der Waals surface area contributed by atoms with Gasteiger partial charge in [-0.2, -0.15) is 0 Å². The number of rotatable bonds is 4. The van der Waals surface area contributed by atoms with Gasteiger partial charge in [0.05, 0.1) is 12.8 Å². The topological polar surface area (TPSA) is 21.3 Å². The molecule has 0 aliphatic heterocycles. The van der Waals surface area contributed by atoms with Gasteiger partial charge in [0.1, 0.15) is 11.6 Å². The van der Waals surface area contributed by atoms with E-state index in [-0.39, 0.29) is 5.82 Å². The van der Waals surface area contributed by atoms with E-state index in [1.54, 1.807) is 19.2 Å². The van der Waals surface area contributed by atoms with E-state index >= 15 is 0 Å². The lowest BCUT2D eigenvalue weighted by Gasteiger charge is -2.11. The second kappa shape index (κ2) is 5.74. The average Bonchev–Trinajstić information content (AvgIpc) is 2.39. The lowest BCUT2D eigenvalue weighted by Crippen LogP contribution is -2.03. The van der Waals surface area contributed by atoms with Gasteiger partial charge in [-0.1, -0.05) is 23.8 Å². The van der Waals surface area contributed by atoms with Gasteiger partial charge in [0.15, 0.2) is 0 Å². The maximum absolute atomic E-state index is 13.7. The van der Waals surface area contributed by atoms with Crippen molar-refractivity contribution >= 4 is 5.69 Å². The Hall–Kier alpha value is -2.03. The number of hydrogen-bond donors (Lipinski definition) is 1. The Morgan fingerprint density at radius 3 is 2.58 bits per heavy atom. The molecule has 0 saturated heterocycles. The minimum Gasteiger partial charge on any atom is -0.497 e. The van der Waals surface area contributed by atoms with Crippen molar-refractivity contribution < 1.29 is 9.13 Å². The summed E-state index contributed by atoms with van der Waals surface area (Å²) >= 11 is 0. The molecule has 3 heteroatoms. The summed E-state index contributed by atoms with van der Waals surface area (Å²) in [5.41, 5.74) is 4.05. The third-order valence-electron chi connectivity index (χ3n) is 3.14. The van der Waals surface area contributed by atoms with Crippen LogP contribution in [0.15, 0.2) is 36.4 Å². The van der Waals surface area contributed by atoms with Crippen molar-refractivity contribution in [2.45, 2.75) is 20.4 Å². The Kier molecular flexibility index (Phi) is 4.05. The van der Waals surface area contributed by atoms with Crippen molar-refractivity contribution in [2.75, 3.05) is 12.4 Å². The first-order valence-electron chi connectivity index (χ1n) is 6.23. The van der Waals surface area contributed by atoms with E-state index in [1.807, 2.05) is 0 Å². The summed E-state index contributed by atoms with van der Waals surface area (Å²) in [6.45, 7) is 4.72. The Balaban J connectivity index is 2.14. The molecule has 2 nitrogen and oxygen atoms in total. The van der Waals surface area contributed by atoms with Gasteiger partial charge < -0.3 is 10.1 Å². The molecule has 0 radical (unpaired) electrons. The van der Waals surface area contributed by atoms with Gasteiger partial charge in [0.2, 0.25) is 0 Å². The molecule has 0 aliphatic carbocycles. The largest absolute Gasteiger partial charge is 0.497 e. The fourth-order valence-corrected chi connectivity index (χ4v) is 2.00. The zero-order chi connectivity index (χ0) is 13.8. The van der Waals surface area contributed by atoms with Crippen LogP contribution in [0.5, 0.6) is 5.75 Å². The normalized spacial score (nSPS) is 10.3. The fourth-order valence-electron chi connectivity index (χ4n) is 2.00. The molecule has 0 aromatic heterocycles. The van der Waals surface area contributed by atoms with Crippen molar-refractivity contribution in [2.24, 2.45) is 0 Å². The minimum atomic E-state index is -0.273. The summed E-state index contributed by atoms with van der Waals surface area (Å²) in [5, 5.41) is 3.11. The molecule has 2 aromatic rings. The van der Waals surface area contributed by atoms with Crippen molar-refractivity contribution in [1.82, 2.24) is 0 Å². The third-order valence-corrected chi connectivity index (χ3v) is 3.14. The molecule has 0 aliphatic rings. The van der Waals surface area contributed by atoms with Crippen LogP contribution in [0.2, 0.25) is 0 Å². The van der Waals surface area contributed by atoms with Gasteiger partial charge in [-0.05, 0) is 37.1 Å². The van der Waals surface area contributed by atoms with Crippen LogP contribution >= 0.6 is 0 Å². The smallest absolute Gasteiger partial charge is 0.146 e. The third kappa shape index (κ3) is 3.25. The Labute approximate surface area is 113 Å². The van der Waals surface area contributed by atoms with Crippen molar-refractivity contribution in [3.8, 4) is 5.75 Å². The van der Waals surface area contributed by atoms with Crippen LogP contribution in [-0.4, -0.2) is 7.11 Å². The van der Waals surface area contributed by atoms with Crippen LogP contribution < -0.4 is 10.1 Å². The van der Waals surface area contributed by atoms with Crippen LogP contribution in [-0.2, 0) is 6.54 Å². The van der Waals surface area contributed by atoms with Gasteiger partial charge in [-0.3, -0.25) is 0 Å². The minimum absolute atomic E-state index is 0.273. The molecule has 2 aromatic carbocycles. The number of nitrogens with one attached hydrogen (secondary N) is 1. The second-order valence-electron chi connectivity index (χ2n) is 4.63. The van der Waals surface area contributed by atoms with Crippen molar-refractivity contribution in [3.05, 3.63) is 58.9 Å². The van der Waals surface area contributed by atoms with Gasteiger partial charge in [-0.15, -0.1) is 0 Å². The maximum Gasteiger partial charge on any atom is 0.146 e. The predicted molar refractivity (Wildman–Crippen MR) is 76.2 cm³/mol. The van der Waals surface area contributed by atoms with E-state index in [0.29, 0.717) is 18.0 Å². The highest BCUT2D eigenvalue weighted by atomic mass is 19.1. The molecule has 0 amide bonds. The number of aryl methyl sites for hydroxylation is 2. The Morgan fingerprint density at radius 2 is 1.89 bits per heavy atom. The summed E-state index contributed by atoms with van der Waals surface area (Å²) in [5.74, 6) is 0.370. The van der Waals surface area contributed by atoms with E-state index in [0.717, 1.165) is 5.56 Å². The summed E-state index contributed by atoms with van der Waals surface area (Å²) in [6.07, 6.45) is 0. The van der Waals surface area contributed by atoms with Crippen LogP contribution in [0.3, 0.4) is 0 Å². The molecule has 0 saturated carbocycles. The van der Waals surface area contributed by atoms with E-state index in [1.165, 1.54) is 17.2 Å². The summed E-state index contributed by atoms with van der Waals surface area (Å²) < 4.78 is 18.7. The van der Waals surface area contributed by atoms with Gasteiger partial charge >= 0.3 is 0 Å². The SMILES string of the molecule is COc1ccc(F)c(NCc2ccc(C)cc2C)c1. The van der Waals surface area contributed by atoms with Gasteiger partial charge in [0, 0.05) is 12.6 Å². The first-order valence-corrected chi connectivity index (χ1v) is 6.23. The molecule has 0 fully saturated rings. The molecule has 0 atom stereocenters. The first kappa shape index (κ1) is 13.4. The number of anilines is 1. The molecule has 0 unspecified atom stereocenters. The zero-order valence-corrected chi connectivity index (χ0v) is 11.5. The van der Waals surface area contributed by atoms with Crippen molar-refractivity contribution in [1.29, 1.82) is 0 Å². The number of methoxy groups -OCH3 is 1. The van der Waals surface area contributed by atoms with E-state index in [2.05, 4.69) is 37.4 Å².